The van der Waals surface area contributed by atoms with Crippen LogP contribution in [0.3, 0.4) is 0 Å². The van der Waals surface area contributed by atoms with Crippen molar-refractivity contribution in [1.29, 1.82) is 0 Å². The predicted molar refractivity (Wildman–Crippen MR) is 135 cm³/mol. The Morgan fingerprint density at radius 2 is 2.00 bits per heavy atom. The lowest BCUT2D eigenvalue weighted by molar-refractivity contribution is 0.0280. The first-order valence-electron chi connectivity index (χ1n) is 11.3. The minimum Gasteiger partial charge on any atom is -0.369 e. The molecule has 1 aliphatic carbocycles. The van der Waals surface area contributed by atoms with Gasteiger partial charge in [0.25, 0.3) is 10.0 Å². The van der Waals surface area contributed by atoms with Crippen LogP contribution < -0.4 is 9.62 Å². The molecule has 0 amide bonds. The molecule has 1 aromatic heterocycles. The molecule has 35 heavy (non-hydrogen) atoms. The molecule has 0 bridgehead atoms. The van der Waals surface area contributed by atoms with Gasteiger partial charge in [-0.25, -0.2) is 22.2 Å². The summed E-state index contributed by atoms with van der Waals surface area (Å²) in [5.74, 6) is -0.953. The molecule has 1 saturated carbocycles. The predicted octanol–water partition coefficient (Wildman–Crippen LogP) is 5.47. The number of aromatic nitrogens is 1. The van der Waals surface area contributed by atoms with Crippen LogP contribution in [-0.2, 0) is 15.6 Å². The molecule has 2 aliphatic rings. The first-order chi connectivity index (χ1) is 16.7. The standard InChI is InChI=1S/C24H25ClF2N4O2S2/c1-30(16-7-10-31(13-16)24(8-4-9-24)17-5-2-3-6-19(17)26)21-12-20(27)22(11-18(21)25)35(32,33)29-23-14-34-15-28-23/h2-3,5-6,11-12,14-16,29H,4,7-10,13H2,1H3. The number of thiazole rings is 1. The van der Waals surface area contributed by atoms with Crippen molar-refractivity contribution in [2.75, 3.05) is 29.8 Å². The zero-order valence-electron chi connectivity index (χ0n) is 19.0. The average molecular weight is 539 g/mol. The highest BCUT2D eigenvalue weighted by molar-refractivity contribution is 7.92. The van der Waals surface area contributed by atoms with Crippen LogP contribution in [0.5, 0.6) is 0 Å². The Morgan fingerprint density at radius 1 is 1.23 bits per heavy atom. The van der Waals surface area contributed by atoms with E-state index >= 15 is 4.39 Å². The van der Waals surface area contributed by atoms with Crippen LogP contribution in [0, 0.1) is 11.6 Å². The minimum atomic E-state index is -4.18. The first kappa shape index (κ1) is 24.4. The van der Waals surface area contributed by atoms with Gasteiger partial charge in [-0.1, -0.05) is 29.8 Å². The second kappa shape index (κ2) is 9.31. The average Bonchev–Trinajstić information content (AvgIpc) is 3.47. The van der Waals surface area contributed by atoms with E-state index in [0.29, 0.717) is 12.2 Å². The van der Waals surface area contributed by atoms with Gasteiger partial charge < -0.3 is 4.90 Å². The molecule has 1 atom stereocenters. The molecular formula is C24H25ClF2N4O2S2. The van der Waals surface area contributed by atoms with Crippen molar-refractivity contribution in [3.8, 4) is 0 Å². The summed E-state index contributed by atoms with van der Waals surface area (Å²) in [5.41, 5.74) is 2.32. The molecule has 2 fully saturated rings. The van der Waals surface area contributed by atoms with Gasteiger partial charge in [-0.2, -0.15) is 0 Å². The molecule has 1 unspecified atom stereocenters. The molecule has 2 heterocycles. The Morgan fingerprint density at radius 3 is 2.66 bits per heavy atom. The molecule has 186 valence electrons. The largest absolute Gasteiger partial charge is 0.369 e. The number of sulfonamides is 1. The Bertz CT molecular complexity index is 1330. The summed E-state index contributed by atoms with van der Waals surface area (Å²) in [6.07, 6.45) is 3.65. The van der Waals surface area contributed by atoms with Crippen LogP contribution in [0.25, 0.3) is 0 Å². The molecule has 2 aromatic carbocycles. The van der Waals surface area contributed by atoms with Gasteiger partial charge in [-0.15, -0.1) is 11.3 Å². The zero-order chi connectivity index (χ0) is 24.8. The highest BCUT2D eigenvalue weighted by Gasteiger charge is 2.48. The van der Waals surface area contributed by atoms with Crippen molar-refractivity contribution >= 4 is 44.5 Å². The van der Waals surface area contributed by atoms with Crippen LogP contribution in [0.4, 0.5) is 20.3 Å². The fourth-order valence-corrected chi connectivity index (χ4v) is 7.21. The van der Waals surface area contributed by atoms with Crippen molar-refractivity contribution in [3.05, 3.63) is 69.5 Å². The lowest BCUT2D eigenvalue weighted by atomic mass is 9.70. The minimum absolute atomic E-state index is 0.0201. The second-order valence-electron chi connectivity index (χ2n) is 9.08. The van der Waals surface area contributed by atoms with E-state index in [9.17, 15) is 12.8 Å². The third-order valence-electron chi connectivity index (χ3n) is 7.21. The smallest absolute Gasteiger partial charge is 0.266 e. The van der Waals surface area contributed by atoms with Crippen molar-refractivity contribution in [3.63, 3.8) is 0 Å². The molecule has 1 aliphatic heterocycles. The van der Waals surface area contributed by atoms with Crippen LogP contribution in [0.1, 0.15) is 31.2 Å². The summed E-state index contributed by atoms with van der Waals surface area (Å²) in [4.78, 5) is 7.57. The maximum atomic E-state index is 15.0. The molecule has 5 rings (SSSR count). The van der Waals surface area contributed by atoms with E-state index in [-0.39, 0.29) is 28.2 Å². The fourth-order valence-electron chi connectivity index (χ4n) is 5.20. The SMILES string of the molecule is CN(c1cc(F)c(S(=O)(=O)Nc2cscn2)cc1Cl)C1CCN(C2(c3ccccc3F)CCC2)C1. The number of likely N-dealkylation sites (N-methyl/N-ethyl adjacent to an activating group) is 1. The number of halogens is 3. The molecule has 1 N–H and O–H groups in total. The van der Waals surface area contributed by atoms with Crippen LogP contribution >= 0.6 is 22.9 Å². The number of anilines is 2. The summed E-state index contributed by atoms with van der Waals surface area (Å²) >= 11 is 7.69. The molecule has 6 nitrogen and oxygen atoms in total. The summed E-state index contributed by atoms with van der Waals surface area (Å²) < 4.78 is 57.3. The number of likely N-dealkylation sites (tertiary alicyclic amines) is 1. The number of hydrogen-bond donors (Lipinski definition) is 1. The van der Waals surface area contributed by atoms with E-state index in [1.165, 1.54) is 28.3 Å². The van der Waals surface area contributed by atoms with Crippen molar-refractivity contribution in [2.45, 2.75) is 42.2 Å². The van der Waals surface area contributed by atoms with E-state index in [1.807, 2.05) is 24.1 Å². The normalized spacial score (nSPS) is 19.9. The quantitative estimate of drug-likeness (QED) is 0.432. The van der Waals surface area contributed by atoms with Gasteiger partial charge >= 0.3 is 0 Å². The highest BCUT2D eigenvalue weighted by Crippen LogP contribution is 2.49. The van der Waals surface area contributed by atoms with E-state index in [0.717, 1.165) is 49.9 Å². The lowest BCUT2D eigenvalue weighted by Gasteiger charge is -2.49. The summed E-state index contributed by atoms with van der Waals surface area (Å²) in [6, 6.07) is 9.28. The van der Waals surface area contributed by atoms with E-state index in [1.54, 1.807) is 6.07 Å². The molecule has 0 spiro atoms. The van der Waals surface area contributed by atoms with Gasteiger partial charge in [-0.05, 0) is 37.8 Å². The monoisotopic (exact) mass is 538 g/mol. The number of rotatable bonds is 7. The summed E-state index contributed by atoms with van der Waals surface area (Å²) in [6.45, 7) is 1.46. The maximum absolute atomic E-state index is 15.0. The van der Waals surface area contributed by atoms with E-state index in [4.69, 9.17) is 11.6 Å². The van der Waals surface area contributed by atoms with Gasteiger partial charge in [0.05, 0.1) is 16.2 Å². The van der Waals surface area contributed by atoms with Gasteiger partial charge in [0.2, 0.25) is 0 Å². The van der Waals surface area contributed by atoms with E-state index < -0.39 is 20.7 Å². The van der Waals surface area contributed by atoms with Crippen molar-refractivity contribution < 1.29 is 17.2 Å². The van der Waals surface area contributed by atoms with Gasteiger partial charge in [0, 0.05) is 48.7 Å². The van der Waals surface area contributed by atoms with Crippen LogP contribution in [0.2, 0.25) is 5.02 Å². The number of nitrogens with one attached hydrogen (secondary N) is 1. The fraction of sp³-hybridized carbons (Fsp3) is 0.375. The Hall–Kier alpha value is -2.27. The molecular weight excluding hydrogens is 514 g/mol. The number of hydrogen-bond acceptors (Lipinski definition) is 6. The zero-order valence-corrected chi connectivity index (χ0v) is 21.4. The molecule has 3 aromatic rings. The van der Waals surface area contributed by atoms with Crippen LogP contribution in [0.15, 0.2) is 52.2 Å². The summed E-state index contributed by atoms with van der Waals surface area (Å²) in [7, 11) is -2.36. The van der Waals surface area contributed by atoms with Gasteiger partial charge in [-0.3, -0.25) is 9.62 Å². The molecule has 11 heteroatoms. The topological polar surface area (TPSA) is 65.5 Å². The number of benzene rings is 2. The molecule has 0 radical (unpaired) electrons. The van der Waals surface area contributed by atoms with Gasteiger partial charge in [0.15, 0.2) is 5.82 Å². The van der Waals surface area contributed by atoms with E-state index in [2.05, 4.69) is 14.6 Å². The van der Waals surface area contributed by atoms with Crippen LogP contribution in [-0.4, -0.2) is 44.5 Å². The highest BCUT2D eigenvalue weighted by atomic mass is 35.5. The Labute approximate surface area is 212 Å². The van der Waals surface area contributed by atoms with Crippen molar-refractivity contribution in [2.24, 2.45) is 0 Å². The Kier molecular flexibility index (Phi) is 6.50. The summed E-state index contributed by atoms with van der Waals surface area (Å²) in [5, 5.41) is 1.65. The van der Waals surface area contributed by atoms with Crippen molar-refractivity contribution in [1.82, 2.24) is 9.88 Å². The third kappa shape index (κ3) is 4.41. The Balaban J connectivity index is 1.36. The lowest BCUT2D eigenvalue weighted by Crippen LogP contribution is -2.51. The third-order valence-corrected chi connectivity index (χ3v) is 9.47. The first-order valence-corrected chi connectivity index (χ1v) is 14.1. The number of nitrogens with zero attached hydrogens (tertiary/aromatic N) is 3. The molecule has 1 saturated heterocycles. The van der Waals surface area contributed by atoms with Gasteiger partial charge in [0.1, 0.15) is 16.5 Å². The second-order valence-corrected chi connectivity index (χ2v) is 11.9. The maximum Gasteiger partial charge on any atom is 0.266 e.